The Hall–Kier alpha value is -2.40. The molecule has 0 aliphatic rings. The first-order valence-electron chi connectivity index (χ1n) is 7.32. The molecule has 2 aromatic carbocycles. The highest BCUT2D eigenvalue weighted by Gasteiger charge is 2.15. The third-order valence-electron chi connectivity index (χ3n) is 3.52. The monoisotopic (exact) mass is 416 g/mol. The number of benzene rings is 2. The maximum Gasteiger partial charge on any atom is 0.240 e. The van der Waals surface area contributed by atoms with Crippen LogP contribution in [-0.2, 0) is 16.6 Å². The molecule has 0 radical (unpaired) electrons. The quantitative estimate of drug-likeness (QED) is 0.679. The van der Waals surface area contributed by atoms with E-state index in [0.717, 1.165) is 10.0 Å². The molecule has 25 heavy (non-hydrogen) atoms. The topological polar surface area (TPSA) is 83.1 Å². The van der Waals surface area contributed by atoms with E-state index in [1.807, 2.05) is 30.3 Å². The summed E-state index contributed by atoms with van der Waals surface area (Å²) in [5, 5.41) is 8.76. The minimum atomic E-state index is -3.67. The Kier molecular flexibility index (Phi) is 5.04. The van der Waals surface area contributed by atoms with Crippen molar-refractivity contribution >= 4 is 26.0 Å². The normalized spacial score (nSPS) is 11.2. The molecule has 0 fully saturated rings. The molecule has 0 unspecified atom stereocenters. The number of sulfonamides is 1. The van der Waals surface area contributed by atoms with Gasteiger partial charge in [0.2, 0.25) is 10.0 Å². The van der Waals surface area contributed by atoms with Crippen molar-refractivity contribution in [2.24, 2.45) is 0 Å². The fourth-order valence-electron chi connectivity index (χ4n) is 2.20. The van der Waals surface area contributed by atoms with E-state index in [2.05, 4.69) is 20.7 Å². The zero-order valence-electron chi connectivity index (χ0n) is 12.9. The minimum Gasteiger partial charge on any atom is -0.460 e. The molecule has 1 N–H and O–H groups in total. The number of nitriles is 1. The highest BCUT2D eigenvalue weighted by atomic mass is 79.9. The number of nitrogens with zero attached hydrogens (tertiary/aromatic N) is 1. The molecular weight excluding hydrogens is 404 g/mol. The predicted molar refractivity (Wildman–Crippen MR) is 97.0 cm³/mol. The van der Waals surface area contributed by atoms with Gasteiger partial charge in [0.25, 0.3) is 0 Å². The van der Waals surface area contributed by atoms with Crippen LogP contribution in [0.4, 0.5) is 0 Å². The zero-order valence-corrected chi connectivity index (χ0v) is 15.3. The second-order valence-corrected chi connectivity index (χ2v) is 7.92. The smallest absolute Gasteiger partial charge is 0.240 e. The highest BCUT2D eigenvalue weighted by molar-refractivity contribution is 9.10. The average molecular weight is 417 g/mol. The Morgan fingerprint density at radius 1 is 1.00 bits per heavy atom. The molecule has 0 atom stereocenters. The van der Waals surface area contributed by atoms with E-state index in [1.54, 1.807) is 12.1 Å². The maximum atomic E-state index is 12.3. The summed E-state index contributed by atoms with van der Waals surface area (Å²) in [6.07, 6.45) is 0. The molecule has 1 heterocycles. The van der Waals surface area contributed by atoms with E-state index in [-0.39, 0.29) is 11.4 Å². The van der Waals surface area contributed by atoms with E-state index in [9.17, 15) is 8.42 Å². The maximum absolute atomic E-state index is 12.3. The first-order chi connectivity index (χ1) is 12.0. The summed E-state index contributed by atoms with van der Waals surface area (Å²) >= 11 is 3.38. The third-order valence-corrected chi connectivity index (χ3v) is 5.47. The number of hydrogen-bond acceptors (Lipinski definition) is 4. The fraction of sp³-hybridized carbons (Fsp3) is 0.0556. The minimum absolute atomic E-state index is 0.0405. The summed E-state index contributed by atoms with van der Waals surface area (Å²) in [6.45, 7) is 0.0405. The van der Waals surface area contributed by atoms with Crippen molar-refractivity contribution in [2.45, 2.75) is 11.4 Å². The lowest BCUT2D eigenvalue weighted by Gasteiger charge is -2.05. The lowest BCUT2D eigenvalue weighted by atomic mass is 10.2. The van der Waals surface area contributed by atoms with Crippen molar-refractivity contribution in [1.29, 1.82) is 5.26 Å². The summed E-state index contributed by atoms with van der Waals surface area (Å²) in [5.41, 5.74) is 1.31. The van der Waals surface area contributed by atoms with Gasteiger partial charge in [-0.15, -0.1) is 0 Å². The van der Waals surface area contributed by atoms with Gasteiger partial charge in [0, 0.05) is 10.0 Å². The number of nitrogens with one attached hydrogen (secondary N) is 1. The summed E-state index contributed by atoms with van der Waals surface area (Å²) in [4.78, 5) is 0.103. The SMILES string of the molecule is N#Cc1ccc(S(=O)(=O)NCc2ccc(-c3ccc(Br)cc3)o2)cc1. The van der Waals surface area contributed by atoms with Crippen LogP contribution in [0.1, 0.15) is 11.3 Å². The molecule has 0 saturated heterocycles. The molecule has 0 aliphatic carbocycles. The van der Waals surface area contributed by atoms with Crippen LogP contribution in [-0.4, -0.2) is 8.42 Å². The van der Waals surface area contributed by atoms with Gasteiger partial charge in [-0.2, -0.15) is 5.26 Å². The van der Waals surface area contributed by atoms with Crippen LogP contribution in [0, 0.1) is 11.3 Å². The van der Waals surface area contributed by atoms with Crippen LogP contribution in [0.5, 0.6) is 0 Å². The largest absolute Gasteiger partial charge is 0.460 e. The van der Waals surface area contributed by atoms with E-state index in [0.29, 0.717) is 17.1 Å². The van der Waals surface area contributed by atoms with Crippen molar-refractivity contribution in [1.82, 2.24) is 4.72 Å². The van der Waals surface area contributed by atoms with Crippen LogP contribution in [0.2, 0.25) is 0 Å². The Morgan fingerprint density at radius 3 is 2.32 bits per heavy atom. The fourth-order valence-corrected chi connectivity index (χ4v) is 3.46. The molecule has 0 amide bonds. The number of hydrogen-bond donors (Lipinski definition) is 1. The van der Waals surface area contributed by atoms with E-state index >= 15 is 0 Å². The first kappa shape index (κ1) is 17.4. The standard InChI is InChI=1S/C18H13BrN2O3S/c19-15-5-3-14(4-6-15)18-10-7-16(24-18)12-21-25(22,23)17-8-1-13(11-20)2-9-17/h1-10,21H,12H2. The van der Waals surface area contributed by atoms with Crippen molar-refractivity contribution in [2.75, 3.05) is 0 Å². The highest BCUT2D eigenvalue weighted by Crippen LogP contribution is 2.24. The van der Waals surface area contributed by atoms with E-state index in [1.165, 1.54) is 24.3 Å². The van der Waals surface area contributed by atoms with Crippen molar-refractivity contribution in [3.63, 3.8) is 0 Å². The van der Waals surface area contributed by atoms with Crippen LogP contribution < -0.4 is 4.72 Å². The van der Waals surface area contributed by atoms with Crippen LogP contribution >= 0.6 is 15.9 Å². The van der Waals surface area contributed by atoms with Gasteiger partial charge in [-0.25, -0.2) is 13.1 Å². The lowest BCUT2D eigenvalue weighted by molar-refractivity contribution is 0.509. The molecule has 3 aromatic rings. The van der Waals surface area contributed by atoms with Crippen LogP contribution in [0.3, 0.4) is 0 Å². The molecule has 0 bridgehead atoms. The summed E-state index contributed by atoms with van der Waals surface area (Å²) in [5.74, 6) is 1.18. The molecule has 1 aromatic heterocycles. The molecule has 5 nitrogen and oxygen atoms in total. The van der Waals surface area contributed by atoms with Gasteiger partial charge >= 0.3 is 0 Å². The second-order valence-electron chi connectivity index (χ2n) is 5.23. The van der Waals surface area contributed by atoms with Crippen molar-refractivity contribution in [3.05, 3.63) is 76.5 Å². The molecule has 3 rings (SSSR count). The Balaban J connectivity index is 1.70. The van der Waals surface area contributed by atoms with Crippen molar-refractivity contribution < 1.29 is 12.8 Å². The predicted octanol–water partition coefficient (Wildman–Crippen LogP) is 4.06. The van der Waals surface area contributed by atoms with Gasteiger partial charge in [-0.05, 0) is 48.5 Å². The van der Waals surface area contributed by atoms with Gasteiger partial charge < -0.3 is 4.42 Å². The van der Waals surface area contributed by atoms with Gasteiger partial charge in [-0.3, -0.25) is 0 Å². The van der Waals surface area contributed by atoms with Gasteiger partial charge in [0.05, 0.1) is 23.1 Å². The number of halogens is 1. The Bertz CT molecular complexity index is 1020. The number of rotatable bonds is 5. The second kappa shape index (κ2) is 7.23. The Morgan fingerprint density at radius 2 is 1.68 bits per heavy atom. The summed E-state index contributed by atoms with van der Waals surface area (Å²) in [7, 11) is -3.67. The molecule has 7 heteroatoms. The zero-order chi connectivity index (χ0) is 17.9. The van der Waals surface area contributed by atoms with Gasteiger partial charge in [-0.1, -0.05) is 28.1 Å². The van der Waals surface area contributed by atoms with E-state index < -0.39 is 10.0 Å². The Labute approximate surface area is 154 Å². The molecule has 0 aliphatic heterocycles. The molecule has 0 saturated carbocycles. The van der Waals surface area contributed by atoms with E-state index in [4.69, 9.17) is 9.68 Å². The summed E-state index contributed by atoms with van der Waals surface area (Å²) < 4.78 is 33.7. The lowest BCUT2D eigenvalue weighted by Crippen LogP contribution is -2.22. The van der Waals surface area contributed by atoms with Crippen molar-refractivity contribution in [3.8, 4) is 17.4 Å². The molecule has 0 spiro atoms. The number of furan rings is 1. The van der Waals surface area contributed by atoms with Gasteiger partial charge in [0.15, 0.2) is 0 Å². The molecular formula is C18H13BrN2O3S. The van der Waals surface area contributed by atoms with Gasteiger partial charge in [0.1, 0.15) is 11.5 Å². The van der Waals surface area contributed by atoms with Crippen LogP contribution in [0.25, 0.3) is 11.3 Å². The first-order valence-corrected chi connectivity index (χ1v) is 9.60. The van der Waals surface area contributed by atoms with Crippen LogP contribution in [0.15, 0.2) is 74.4 Å². The molecule has 126 valence electrons. The summed E-state index contributed by atoms with van der Waals surface area (Å²) in [6, 6.07) is 18.9. The third kappa shape index (κ3) is 4.17. The average Bonchev–Trinajstić information content (AvgIpc) is 3.10.